The number of nitrogens with zero attached hydrogens (tertiary/aromatic N) is 4. The number of rotatable bonds is 6. The van der Waals surface area contributed by atoms with Gasteiger partial charge in [-0.2, -0.15) is 0 Å². The van der Waals surface area contributed by atoms with Crippen molar-refractivity contribution in [3.05, 3.63) is 47.8 Å². The van der Waals surface area contributed by atoms with Gasteiger partial charge in [-0.1, -0.05) is 12.1 Å². The summed E-state index contributed by atoms with van der Waals surface area (Å²) in [6.45, 7) is 5.52. The minimum atomic E-state index is -0.202. The zero-order chi connectivity index (χ0) is 16.2. The summed E-state index contributed by atoms with van der Waals surface area (Å²) in [5.74, 6) is 1.18. The van der Waals surface area contributed by atoms with E-state index < -0.39 is 0 Å². The van der Waals surface area contributed by atoms with Crippen molar-refractivity contribution in [2.45, 2.75) is 26.1 Å². The van der Waals surface area contributed by atoms with E-state index in [1.54, 1.807) is 6.33 Å². The van der Waals surface area contributed by atoms with Crippen molar-refractivity contribution in [1.82, 2.24) is 30.5 Å². The normalized spacial score (nSPS) is 21.2. The zero-order valence-electron chi connectivity index (χ0n) is 13.5. The Labute approximate surface area is 135 Å². The number of aromatic nitrogens is 3. The highest BCUT2D eigenvalue weighted by molar-refractivity contribution is 5.21. The van der Waals surface area contributed by atoms with Gasteiger partial charge in [0.1, 0.15) is 18.0 Å². The number of aryl methyl sites for hydroxylation is 1. The second kappa shape index (κ2) is 7.16. The van der Waals surface area contributed by atoms with Crippen LogP contribution >= 0.6 is 0 Å². The van der Waals surface area contributed by atoms with Crippen molar-refractivity contribution >= 4 is 0 Å². The average molecular weight is 318 g/mol. The smallest absolute Gasteiger partial charge is 0.146 e. The molecule has 1 saturated heterocycles. The molecule has 23 heavy (non-hydrogen) atoms. The molecule has 0 amide bonds. The van der Waals surface area contributed by atoms with Gasteiger partial charge in [-0.05, 0) is 31.7 Å². The van der Waals surface area contributed by atoms with Crippen molar-refractivity contribution in [3.8, 4) is 0 Å². The van der Waals surface area contributed by atoms with Crippen LogP contribution in [0.5, 0.6) is 0 Å². The molecule has 0 saturated carbocycles. The van der Waals surface area contributed by atoms with Gasteiger partial charge in [0.25, 0.3) is 0 Å². The molecule has 1 aromatic heterocycles. The van der Waals surface area contributed by atoms with E-state index in [-0.39, 0.29) is 11.9 Å². The summed E-state index contributed by atoms with van der Waals surface area (Å²) in [7, 11) is 2.09. The maximum absolute atomic E-state index is 13.1. The Balaban J connectivity index is 1.63. The molecule has 0 spiro atoms. The van der Waals surface area contributed by atoms with E-state index in [1.807, 2.05) is 12.1 Å². The van der Waals surface area contributed by atoms with E-state index in [4.69, 9.17) is 0 Å². The second-order valence-electron chi connectivity index (χ2n) is 6.04. The quantitative estimate of drug-likeness (QED) is 0.842. The van der Waals surface area contributed by atoms with Gasteiger partial charge in [0, 0.05) is 25.6 Å². The highest BCUT2D eigenvalue weighted by atomic mass is 19.1. The first-order chi connectivity index (χ1) is 11.2. The Hall–Kier alpha value is -1.83. The van der Waals surface area contributed by atoms with E-state index in [9.17, 15) is 4.39 Å². The Morgan fingerprint density at radius 2 is 2.13 bits per heavy atom. The summed E-state index contributed by atoms with van der Waals surface area (Å²) in [6.07, 6.45) is 1.77. The first-order valence-corrected chi connectivity index (χ1v) is 7.96. The minimum Gasteiger partial charge on any atom is -0.317 e. The highest BCUT2D eigenvalue weighted by Gasteiger charge is 2.29. The van der Waals surface area contributed by atoms with Crippen molar-refractivity contribution in [1.29, 1.82) is 0 Å². The molecule has 0 aliphatic carbocycles. The van der Waals surface area contributed by atoms with Gasteiger partial charge in [0.15, 0.2) is 0 Å². The number of hydrazine groups is 1. The molecule has 1 aliphatic rings. The maximum atomic E-state index is 13.1. The first kappa shape index (κ1) is 16.0. The second-order valence-corrected chi connectivity index (χ2v) is 6.04. The molecule has 2 N–H and O–H groups in total. The fourth-order valence-electron chi connectivity index (χ4n) is 3.10. The summed E-state index contributed by atoms with van der Waals surface area (Å²) in [5, 5.41) is 8.16. The predicted molar refractivity (Wildman–Crippen MR) is 85.8 cm³/mol. The summed E-state index contributed by atoms with van der Waals surface area (Å²) >= 11 is 0. The van der Waals surface area contributed by atoms with Crippen molar-refractivity contribution in [2.24, 2.45) is 5.92 Å². The van der Waals surface area contributed by atoms with E-state index in [1.165, 1.54) is 12.1 Å². The van der Waals surface area contributed by atoms with Gasteiger partial charge in [-0.25, -0.2) is 9.82 Å². The monoisotopic (exact) mass is 318 g/mol. The van der Waals surface area contributed by atoms with Crippen LogP contribution in [-0.2, 0) is 13.1 Å². The lowest BCUT2D eigenvalue weighted by atomic mass is 9.94. The van der Waals surface area contributed by atoms with E-state index in [0.29, 0.717) is 5.92 Å². The summed E-state index contributed by atoms with van der Waals surface area (Å²) < 4.78 is 15.2. The molecule has 2 unspecified atom stereocenters. The lowest BCUT2D eigenvalue weighted by molar-refractivity contribution is 0.254. The number of benzene rings is 1. The van der Waals surface area contributed by atoms with Gasteiger partial charge >= 0.3 is 0 Å². The van der Waals surface area contributed by atoms with Gasteiger partial charge in [-0.3, -0.25) is 10.3 Å². The molecule has 7 heteroatoms. The molecule has 1 aromatic carbocycles. The van der Waals surface area contributed by atoms with Gasteiger partial charge < -0.3 is 4.57 Å². The first-order valence-electron chi connectivity index (χ1n) is 7.96. The molecule has 0 bridgehead atoms. The minimum absolute atomic E-state index is 0.182. The SMILES string of the molecule is CCn1cnnc1CN(C)CC1CNNC1c1ccc(F)cc1. The number of halogens is 1. The molecule has 2 atom stereocenters. The van der Waals surface area contributed by atoms with Crippen molar-refractivity contribution in [2.75, 3.05) is 20.1 Å². The summed E-state index contributed by atoms with van der Waals surface area (Å²) in [5.41, 5.74) is 7.62. The topological polar surface area (TPSA) is 58.0 Å². The van der Waals surface area contributed by atoms with Crippen LogP contribution in [0.1, 0.15) is 24.4 Å². The van der Waals surface area contributed by atoms with Crippen molar-refractivity contribution < 1.29 is 4.39 Å². The van der Waals surface area contributed by atoms with Crippen LogP contribution in [0.3, 0.4) is 0 Å². The Morgan fingerprint density at radius 3 is 2.87 bits per heavy atom. The molecule has 1 aliphatic heterocycles. The van der Waals surface area contributed by atoms with Crippen LogP contribution in [0, 0.1) is 11.7 Å². The van der Waals surface area contributed by atoms with Crippen LogP contribution in [0.15, 0.2) is 30.6 Å². The molecule has 6 nitrogen and oxygen atoms in total. The van der Waals surface area contributed by atoms with Crippen LogP contribution in [0.4, 0.5) is 4.39 Å². The van der Waals surface area contributed by atoms with E-state index >= 15 is 0 Å². The van der Waals surface area contributed by atoms with E-state index in [2.05, 4.69) is 44.5 Å². The fraction of sp³-hybridized carbons (Fsp3) is 0.500. The third-order valence-electron chi connectivity index (χ3n) is 4.32. The molecular weight excluding hydrogens is 295 g/mol. The molecule has 124 valence electrons. The lowest BCUT2D eigenvalue weighted by Crippen LogP contribution is -2.31. The Morgan fingerprint density at radius 1 is 1.35 bits per heavy atom. The number of hydrogen-bond donors (Lipinski definition) is 2. The number of hydrogen-bond acceptors (Lipinski definition) is 5. The van der Waals surface area contributed by atoms with Gasteiger partial charge in [0.2, 0.25) is 0 Å². The van der Waals surface area contributed by atoms with E-state index in [0.717, 1.165) is 37.6 Å². The molecule has 2 heterocycles. The average Bonchev–Trinajstić information content (AvgIpc) is 3.17. The molecule has 2 aromatic rings. The van der Waals surface area contributed by atoms with Crippen LogP contribution in [0.25, 0.3) is 0 Å². The van der Waals surface area contributed by atoms with Crippen LogP contribution in [0.2, 0.25) is 0 Å². The maximum Gasteiger partial charge on any atom is 0.146 e. The zero-order valence-corrected chi connectivity index (χ0v) is 13.5. The van der Waals surface area contributed by atoms with Gasteiger partial charge in [0.05, 0.1) is 12.6 Å². The summed E-state index contributed by atoms with van der Waals surface area (Å²) in [6, 6.07) is 6.91. The largest absolute Gasteiger partial charge is 0.317 e. The van der Waals surface area contributed by atoms with Crippen molar-refractivity contribution in [3.63, 3.8) is 0 Å². The summed E-state index contributed by atoms with van der Waals surface area (Å²) in [4.78, 5) is 2.26. The molecule has 3 rings (SSSR count). The Bertz CT molecular complexity index is 626. The standard InChI is InChI=1S/C16H23FN6/c1-3-23-11-19-20-15(23)10-22(2)9-13-8-18-21-16(13)12-4-6-14(17)7-5-12/h4-7,11,13,16,18,21H,3,8-10H2,1-2H3. The third kappa shape index (κ3) is 3.74. The molecular formula is C16H23FN6. The predicted octanol–water partition coefficient (Wildman–Crippen LogP) is 1.33. The number of nitrogens with one attached hydrogen (secondary N) is 2. The molecule has 0 radical (unpaired) electrons. The Kier molecular flexibility index (Phi) is 5.00. The van der Waals surface area contributed by atoms with Gasteiger partial charge in [-0.15, -0.1) is 10.2 Å². The highest BCUT2D eigenvalue weighted by Crippen LogP contribution is 2.25. The van der Waals surface area contributed by atoms with Crippen LogP contribution in [-0.4, -0.2) is 39.8 Å². The molecule has 1 fully saturated rings. The third-order valence-corrected chi connectivity index (χ3v) is 4.32. The fourth-order valence-corrected chi connectivity index (χ4v) is 3.10. The lowest BCUT2D eigenvalue weighted by Gasteiger charge is -2.24. The van der Waals surface area contributed by atoms with Crippen LogP contribution < -0.4 is 10.9 Å².